The molecule has 0 saturated heterocycles. The minimum Gasteiger partial charge on any atom is -0.462 e. The van der Waals surface area contributed by atoms with Crippen LogP contribution in [0, 0.1) is 0 Å². The number of nitrogens with one attached hydrogen (secondary N) is 1. The van der Waals surface area contributed by atoms with Gasteiger partial charge in [0.1, 0.15) is 0 Å². The number of halogens is 2. The quantitative estimate of drug-likeness (QED) is 0.464. The zero-order valence-corrected chi connectivity index (χ0v) is 16.6. The second-order valence-corrected chi connectivity index (χ2v) is 7.32. The van der Waals surface area contributed by atoms with Crippen molar-refractivity contribution in [2.45, 2.75) is 19.1 Å². The average molecular weight is 412 g/mol. The van der Waals surface area contributed by atoms with Crippen LogP contribution in [0.3, 0.4) is 0 Å². The number of thioether (sulfide) groups is 1. The third kappa shape index (κ3) is 6.56. The number of rotatable bonds is 8. The van der Waals surface area contributed by atoms with E-state index in [-0.39, 0.29) is 11.9 Å². The van der Waals surface area contributed by atoms with Crippen LogP contribution in [0.15, 0.2) is 42.5 Å². The second-order valence-electron chi connectivity index (χ2n) is 5.40. The van der Waals surface area contributed by atoms with Gasteiger partial charge in [0.2, 0.25) is 5.91 Å². The largest absolute Gasteiger partial charge is 0.462 e. The zero-order valence-electron chi connectivity index (χ0n) is 14.3. The first-order valence-electron chi connectivity index (χ1n) is 8.08. The molecule has 138 valence electrons. The molecule has 0 unspecified atom stereocenters. The molecule has 2 aromatic rings. The Morgan fingerprint density at radius 3 is 2.46 bits per heavy atom. The lowest BCUT2D eigenvalue weighted by molar-refractivity contribution is -0.115. The van der Waals surface area contributed by atoms with Gasteiger partial charge in [0.25, 0.3) is 0 Å². The Labute approximate surface area is 167 Å². The molecule has 0 aromatic heterocycles. The van der Waals surface area contributed by atoms with E-state index in [9.17, 15) is 9.59 Å². The molecular formula is C19H19Cl2NO3S. The summed E-state index contributed by atoms with van der Waals surface area (Å²) in [6, 6.07) is 12.2. The summed E-state index contributed by atoms with van der Waals surface area (Å²) in [5.74, 6) is 1.00. The van der Waals surface area contributed by atoms with Crippen molar-refractivity contribution in [3.63, 3.8) is 0 Å². The summed E-state index contributed by atoms with van der Waals surface area (Å²) < 4.78 is 4.92. The van der Waals surface area contributed by atoms with Crippen LogP contribution < -0.4 is 5.32 Å². The second kappa shape index (κ2) is 10.5. The van der Waals surface area contributed by atoms with Crippen LogP contribution in [0.5, 0.6) is 0 Å². The van der Waals surface area contributed by atoms with E-state index in [4.69, 9.17) is 27.9 Å². The Hall–Kier alpha value is -1.69. The lowest BCUT2D eigenvalue weighted by Gasteiger charge is -2.07. The van der Waals surface area contributed by atoms with E-state index in [1.807, 2.05) is 12.1 Å². The maximum atomic E-state index is 12.0. The van der Waals surface area contributed by atoms with Crippen LogP contribution in [0.4, 0.5) is 5.69 Å². The maximum Gasteiger partial charge on any atom is 0.338 e. The molecular weight excluding hydrogens is 393 g/mol. The summed E-state index contributed by atoms with van der Waals surface area (Å²) in [7, 11) is 0. The van der Waals surface area contributed by atoms with E-state index >= 15 is 0 Å². The third-order valence-electron chi connectivity index (χ3n) is 3.41. The van der Waals surface area contributed by atoms with Crippen molar-refractivity contribution in [3.05, 3.63) is 63.6 Å². The molecule has 0 aliphatic rings. The number of amides is 1. The fourth-order valence-corrected chi connectivity index (χ4v) is 3.32. The van der Waals surface area contributed by atoms with E-state index in [0.29, 0.717) is 40.1 Å². The molecule has 1 N–H and O–H groups in total. The molecule has 0 atom stereocenters. The first-order chi connectivity index (χ1) is 12.5. The third-order valence-corrected chi connectivity index (χ3v) is 5.18. The van der Waals surface area contributed by atoms with Gasteiger partial charge >= 0.3 is 5.97 Å². The number of anilines is 1. The van der Waals surface area contributed by atoms with Crippen molar-refractivity contribution < 1.29 is 14.3 Å². The first kappa shape index (κ1) is 20.6. The summed E-state index contributed by atoms with van der Waals surface area (Å²) in [4.78, 5) is 23.6. The molecule has 0 spiro atoms. The molecule has 0 fully saturated rings. The molecule has 0 aliphatic heterocycles. The van der Waals surface area contributed by atoms with Crippen molar-refractivity contribution in [2.24, 2.45) is 0 Å². The van der Waals surface area contributed by atoms with Crippen molar-refractivity contribution in [2.75, 3.05) is 17.7 Å². The predicted molar refractivity (Wildman–Crippen MR) is 108 cm³/mol. The lowest BCUT2D eigenvalue weighted by atomic mass is 10.2. The molecule has 26 heavy (non-hydrogen) atoms. The molecule has 7 heteroatoms. The molecule has 0 saturated carbocycles. The monoisotopic (exact) mass is 411 g/mol. The van der Waals surface area contributed by atoms with Crippen molar-refractivity contribution >= 4 is 52.5 Å². The molecule has 2 aromatic carbocycles. The maximum absolute atomic E-state index is 12.0. The van der Waals surface area contributed by atoms with Crippen LogP contribution in [0.2, 0.25) is 10.0 Å². The molecule has 2 rings (SSSR count). The van der Waals surface area contributed by atoms with Crippen molar-refractivity contribution in [3.8, 4) is 0 Å². The average Bonchev–Trinajstić information content (AvgIpc) is 2.62. The minimum absolute atomic E-state index is 0.0736. The van der Waals surface area contributed by atoms with Crippen molar-refractivity contribution in [1.82, 2.24) is 0 Å². The highest BCUT2D eigenvalue weighted by Crippen LogP contribution is 2.24. The predicted octanol–water partition coefficient (Wildman–Crippen LogP) is 5.43. The Morgan fingerprint density at radius 1 is 1.08 bits per heavy atom. The summed E-state index contributed by atoms with van der Waals surface area (Å²) in [5, 5.41) is 3.88. The van der Waals surface area contributed by atoms with E-state index < -0.39 is 0 Å². The minimum atomic E-state index is -0.371. The number of benzene rings is 2. The molecule has 0 bridgehead atoms. The summed E-state index contributed by atoms with van der Waals surface area (Å²) in [6.45, 7) is 2.09. The van der Waals surface area contributed by atoms with Gasteiger partial charge in [-0.25, -0.2) is 4.79 Å². The van der Waals surface area contributed by atoms with Crippen LogP contribution in [-0.4, -0.2) is 24.2 Å². The highest BCUT2D eigenvalue weighted by Gasteiger charge is 2.07. The number of hydrogen-bond donors (Lipinski definition) is 1. The topological polar surface area (TPSA) is 55.4 Å². The molecule has 4 nitrogen and oxygen atoms in total. The van der Waals surface area contributed by atoms with Gasteiger partial charge in [-0.05, 0) is 48.9 Å². The van der Waals surface area contributed by atoms with E-state index in [1.165, 1.54) is 0 Å². The summed E-state index contributed by atoms with van der Waals surface area (Å²) in [5.41, 5.74) is 2.18. The van der Waals surface area contributed by atoms with Crippen molar-refractivity contribution in [1.29, 1.82) is 0 Å². The fourth-order valence-electron chi connectivity index (χ4n) is 2.11. The normalized spacial score (nSPS) is 10.4. The van der Waals surface area contributed by atoms with Gasteiger partial charge in [-0.15, -0.1) is 0 Å². The Morgan fingerprint density at radius 2 is 1.81 bits per heavy atom. The highest BCUT2D eigenvalue weighted by molar-refractivity contribution is 7.98. The standard InChI is InChI=1S/C19H19Cl2NO3S/c1-2-25-19(24)14-4-6-15(7-5-14)22-18(23)9-10-26-12-13-3-8-16(20)17(21)11-13/h3-8,11H,2,9-10,12H2,1H3,(H,22,23). The summed E-state index contributed by atoms with van der Waals surface area (Å²) >= 11 is 13.5. The molecule has 0 aliphatic carbocycles. The van der Waals surface area contributed by atoms with Gasteiger partial charge in [-0.1, -0.05) is 29.3 Å². The smallest absolute Gasteiger partial charge is 0.338 e. The van der Waals surface area contributed by atoms with Gasteiger partial charge < -0.3 is 10.1 Å². The fraction of sp³-hybridized carbons (Fsp3) is 0.263. The van der Waals surface area contributed by atoms with Gasteiger partial charge in [0.05, 0.1) is 22.2 Å². The van der Waals surface area contributed by atoms with Gasteiger partial charge in [0.15, 0.2) is 0 Å². The van der Waals surface area contributed by atoms with Crippen LogP contribution in [0.25, 0.3) is 0 Å². The lowest BCUT2D eigenvalue weighted by Crippen LogP contribution is -2.12. The van der Waals surface area contributed by atoms with Crippen LogP contribution in [-0.2, 0) is 15.3 Å². The Kier molecular flexibility index (Phi) is 8.29. The van der Waals surface area contributed by atoms with Crippen LogP contribution >= 0.6 is 35.0 Å². The number of hydrogen-bond acceptors (Lipinski definition) is 4. The molecule has 0 heterocycles. The van der Waals surface area contributed by atoms with E-state index in [0.717, 1.165) is 11.3 Å². The van der Waals surface area contributed by atoms with Gasteiger partial charge in [0, 0.05) is 23.6 Å². The highest BCUT2D eigenvalue weighted by atomic mass is 35.5. The number of carbonyl (C=O) groups excluding carboxylic acids is 2. The zero-order chi connectivity index (χ0) is 18.9. The SMILES string of the molecule is CCOC(=O)c1ccc(NC(=O)CCSCc2ccc(Cl)c(Cl)c2)cc1. The number of carbonyl (C=O) groups is 2. The molecule has 0 radical (unpaired) electrons. The number of esters is 1. The Bertz CT molecular complexity index is 766. The number of ether oxygens (including phenoxy) is 1. The van der Waals surface area contributed by atoms with Gasteiger partial charge in [-0.2, -0.15) is 11.8 Å². The summed E-state index contributed by atoms with van der Waals surface area (Å²) in [6.07, 6.45) is 0.394. The first-order valence-corrected chi connectivity index (χ1v) is 9.99. The Balaban J connectivity index is 1.73. The van der Waals surface area contributed by atoms with Crippen LogP contribution in [0.1, 0.15) is 29.3 Å². The van der Waals surface area contributed by atoms with E-state index in [1.54, 1.807) is 49.0 Å². The van der Waals surface area contributed by atoms with E-state index in [2.05, 4.69) is 5.32 Å². The van der Waals surface area contributed by atoms with Gasteiger partial charge in [-0.3, -0.25) is 4.79 Å². The molecule has 1 amide bonds.